The van der Waals surface area contributed by atoms with Crippen molar-refractivity contribution in [2.45, 2.75) is 26.9 Å². The maximum absolute atomic E-state index is 10.0. The number of hydrogen-bond acceptors (Lipinski definition) is 3. The summed E-state index contributed by atoms with van der Waals surface area (Å²) < 4.78 is 18.4. The van der Waals surface area contributed by atoms with E-state index in [1.54, 1.807) is 6.08 Å². The second-order valence-corrected chi connectivity index (χ2v) is 5.08. The summed E-state index contributed by atoms with van der Waals surface area (Å²) in [5.41, 5.74) is 0.328. The minimum Gasteiger partial charge on any atom is -0.454 e. The van der Waals surface area contributed by atoms with Crippen LogP contribution in [0.2, 0.25) is 0 Å². The first-order valence-corrected chi connectivity index (χ1v) is 5.61. The molecule has 92 valence electrons. The van der Waals surface area contributed by atoms with Gasteiger partial charge in [0.2, 0.25) is 6.79 Å². The van der Waals surface area contributed by atoms with Gasteiger partial charge in [0.25, 0.3) is 0 Å². The molecule has 0 aromatic heterocycles. The molecule has 0 saturated heterocycles. The molecule has 0 spiro atoms. The second kappa shape index (κ2) is 4.41. The molecule has 1 N–H and O–H groups in total. The molecule has 0 bridgehead atoms. The molecule has 0 saturated carbocycles. The van der Waals surface area contributed by atoms with Crippen molar-refractivity contribution in [1.82, 2.24) is 0 Å². The van der Waals surface area contributed by atoms with Gasteiger partial charge in [-0.25, -0.2) is 0 Å². The van der Waals surface area contributed by atoms with Crippen LogP contribution in [0.25, 0.3) is 6.08 Å². The van der Waals surface area contributed by atoms with Crippen LogP contribution in [-0.2, 0) is 0 Å². The zero-order valence-electron chi connectivity index (χ0n) is 11.4. The smallest absolute Gasteiger partial charge is 0.231 e. The Hall–Kier alpha value is -1.48. The average molecular weight is 235 g/mol. The molecular formula is C14H18O3. The highest BCUT2D eigenvalue weighted by Crippen LogP contribution is 2.33. The highest BCUT2D eigenvalue weighted by atomic mass is 16.7. The highest BCUT2D eigenvalue weighted by molar-refractivity contribution is 5.56. The van der Waals surface area contributed by atoms with Gasteiger partial charge < -0.3 is 14.6 Å². The van der Waals surface area contributed by atoms with Crippen LogP contribution in [0.3, 0.4) is 0 Å². The van der Waals surface area contributed by atoms with Crippen LogP contribution in [0.15, 0.2) is 24.3 Å². The fourth-order valence-corrected chi connectivity index (χ4v) is 1.44. The van der Waals surface area contributed by atoms with Crippen molar-refractivity contribution in [2.24, 2.45) is 5.41 Å². The van der Waals surface area contributed by atoms with E-state index in [9.17, 15) is 5.11 Å². The van der Waals surface area contributed by atoms with Crippen molar-refractivity contribution in [1.29, 1.82) is 0 Å². The normalized spacial score (nSPS) is 19.2. The topological polar surface area (TPSA) is 38.7 Å². The first-order chi connectivity index (χ1) is 8.29. The van der Waals surface area contributed by atoms with Crippen molar-refractivity contribution >= 4 is 6.08 Å². The molecule has 0 fully saturated rings. The number of ether oxygens (including phenoxy) is 2. The third kappa shape index (κ3) is 2.80. The van der Waals surface area contributed by atoms with Crippen LogP contribution >= 0.6 is 0 Å². The Kier molecular flexibility index (Phi) is 2.77. The van der Waals surface area contributed by atoms with E-state index in [1.807, 2.05) is 39.0 Å². The first kappa shape index (κ1) is 10.7. The van der Waals surface area contributed by atoms with E-state index >= 15 is 0 Å². The van der Waals surface area contributed by atoms with Crippen LogP contribution in [0.4, 0.5) is 0 Å². The highest BCUT2D eigenvalue weighted by Gasteiger charge is 2.19. The zero-order valence-corrected chi connectivity index (χ0v) is 10.4. The average Bonchev–Trinajstić information content (AvgIpc) is 2.71. The van der Waals surface area contributed by atoms with E-state index < -0.39 is 11.5 Å². The van der Waals surface area contributed by atoms with Gasteiger partial charge >= 0.3 is 0 Å². The summed E-state index contributed by atoms with van der Waals surface area (Å²) in [4.78, 5) is 0. The zero-order chi connectivity index (χ0) is 13.4. The molecule has 3 heteroatoms. The van der Waals surface area contributed by atoms with E-state index in [4.69, 9.17) is 10.8 Å². The third-order valence-corrected chi connectivity index (χ3v) is 2.60. The fourth-order valence-electron chi connectivity index (χ4n) is 1.44. The maximum atomic E-state index is 10.0. The molecule has 2 rings (SSSR count). The Morgan fingerprint density at radius 3 is 2.76 bits per heavy atom. The van der Waals surface area contributed by atoms with Crippen molar-refractivity contribution in [3.8, 4) is 11.5 Å². The predicted octanol–water partition coefficient (Wildman–Crippen LogP) is 2.84. The molecule has 1 unspecified atom stereocenters. The summed E-state index contributed by atoms with van der Waals surface area (Å²) >= 11 is 0. The molecule has 3 nitrogen and oxygen atoms in total. The van der Waals surface area contributed by atoms with Gasteiger partial charge in [-0.1, -0.05) is 39.0 Å². The summed E-state index contributed by atoms with van der Waals surface area (Å²) in [6, 6.07) is 5.52. The van der Waals surface area contributed by atoms with E-state index in [0.29, 0.717) is 5.75 Å². The quantitative estimate of drug-likeness (QED) is 0.856. The Labute approximate surface area is 103 Å². The Balaban J connectivity index is 2.19. The van der Waals surface area contributed by atoms with Gasteiger partial charge in [-0.05, 0) is 23.1 Å². The number of aliphatic hydroxyl groups is 1. The molecule has 1 heterocycles. The lowest BCUT2D eigenvalue weighted by Crippen LogP contribution is -2.23. The van der Waals surface area contributed by atoms with E-state index in [1.165, 1.54) is 6.08 Å². The molecule has 17 heavy (non-hydrogen) atoms. The Morgan fingerprint density at radius 1 is 1.35 bits per heavy atom. The molecule has 0 aliphatic carbocycles. The van der Waals surface area contributed by atoms with Crippen molar-refractivity contribution in [3.63, 3.8) is 0 Å². The molecule has 1 aromatic rings. The minimum absolute atomic E-state index is 0.243. The standard InChI is InChI=1S/C14H18O3/c1-14(2,3)13(15)7-5-10-4-6-11-12(8-10)17-9-16-11/h4-8,13,15H,9H2,1-3H3/b7-5+/i13D. The monoisotopic (exact) mass is 235 g/mol. The van der Waals surface area contributed by atoms with Crippen LogP contribution < -0.4 is 9.47 Å². The first-order valence-electron chi connectivity index (χ1n) is 6.11. The van der Waals surface area contributed by atoms with Crippen LogP contribution in [0.5, 0.6) is 11.5 Å². The molecular weight excluding hydrogens is 216 g/mol. The SMILES string of the molecule is [2H]C(O)(/C=C/c1ccc2c(c1)OCO2)C(C)(C)C. The van der Waals surface area contributed by atoms with Crippen molar-refractivity contribution in [2.75, 3.05) is 6.79 Å². The third-order valence-electron chi connectivity index (χ3n) is 2.60. The lowest BCUT2D eigenvalue weighted by molar-refractivity contribution is 0.106. The number of fused-ring (bicyclic) bond motifs is 1. The molecule has 0 radical (unpaired) electrons. The number of benzene rings is 1. The number of hydrogen-bond donors (Lipinski definition) is 1. The summed E-state index contributed by atoms with van der Waals surface area (Å²) in [5.74, 6) is 1.42. The molecule has 1 aliphatic rings. The van der Waals surface area contributed by atoms with Crippen molar-refractivity contribution < 1.29 is 16.0 Å². The Bertz CT molecular complexity index is 472. The van der Waals surface area contributed by atoms with Gasteiger partial charge in [-0.2, -0.15) is 0 Å². The number of rotatable bonds is 2. The lowest BCUT2D eigenvalue weighted by atomic mass is 9.89. The van der Waals surface area contributed by atoms with Gasteiger partial charge in [0.15, 0.2) is 11.5 Å². The summed E-state index contributed by atoms with van der Waals surface area (Å²) in [7, 11) is 0. The molecule has 1 atom stereocenters. The maximum Gasteiger partial charge on any atom is 0.231 e. The van der Waals surface area contributed by atoms with Gasteiger partial charge in [0.05, 0.1) is 7.45 Å². The van der Waals surface area contributed by atoms with Crippen LogP contribution in [-0.4, -0.2) is 18.0 Å². The summed E-state index contributed by atoms with van der Waals surface area (Å²) in [6.07, 6.45) is 1.61. The fraction of sp³-hybridized carbons (Fsp3) is 0.429. The summed E-state index contributed by atoms with van der Waals surface area (Å²) in [5, 5.41) is 10.0. The van der Waals surface area contributed by atoms with E-state index in [0.717, 1.165) is 11.3 Å². The van der Waals surface area contributed by atoms with Crippen LogP contribution in [0, 0.1) is 5.41 Å². The van der Waals surface area contributed by atoms with Gasteiger partial charge in [0.1, 0.15) is 0 Å². The largest absolute Gasteiger partial charge is 0.454 e. The summed E-state index contributed by atoms with van der Waals surface area (Å²) in [6.45, 7) is 5.71. The lowest BCUT2D eigenvalue weighted by Gasteiger charge is -2.22. The van der Waals surface area contributed by atoms with E-state index in [-0.39, 0.29) is 6.79 Å². The molecule has 1 aliphatic heterocycles. The minimum atomic E-state index is -1.61. The van der Waals surface area contributed by atoms with Gasteiger partial charge in [0, 0.05) is 0 Å². The van der Waals surface area contributed by atoms with Gasteiger partial charge in [-0.15, -0.1) is 0 Å². The molecule has 0 amide bonds. The van der Waals surface area contributed by atoms with E-state index in [2.05, 4.69) is 0 Å². The van der Waals surface area contributed by atoms with Crippen LogP contribution in [0.1, 0.15) is 27.7 Å². The molecule has 1 aromatic carbocycles. The van der Waals surface area contributed by atoms with Gasteiger partial charge in [-0.3, -0.25) is 0 Å². The second-order valence-electron chi connectivity index (χ2n) is 5.08. The predicted molar refractivity (Wildman–Crippen MR) is 67.1 cm³/mol. The Morgan fingerprint density at radius 2 is 2.06 bits per heavy atom. The van der Waals surface area contributed by atoms with Crippen molar-refractivity contribution in [3.05, 3.63) is 29.8 Å².